The molecule has 19 heavy (non-hydrogen) atoms. The molecule has 0 aliphatic carbocycles. The van der Waals surface area contributed by atoms with Crippen molar-refractivity contribution in [3.63, 3.8) is 0 Å². The lowest BCUT2D eigenvalue weighted by atomic mass is 10.2. The molecule has 0 spiro atoms. The summed E-state index contributed by atoms with van der Waals surface area (Å²) in [5.41, 5.74) is 1.46. The Bertz CT molecular complexity index is 540. The third-order valence-corrected chi connectivity index (χ3v) is 2.64. The molecule has 98 valence electrons. The van der Waals surface area contributed by atoms with E-state index in [1.807, 2.05) is 30.3 Å². The maximum atomic E-state index is 12.1. The zero-order valence-electron chi connectivity index (χ0n) is 10.9. The number of hydrogen-bond acceptors (Lipinski definition) is 3. The average Bonchev–Trinajstić information content (AvgIpc) is 2.47. The molecule has 1 amide bonds. The lowest BCUT2D eigenvalue weighted by molar-refractivity contribution is 0.102. The molecule has 0 radical (unpaired) electrons. The summed E-state index contributed by atoms with van der Waals surface area (Å²) >= 11 is 0. The van der Waals surface area contributed by atoms with Crippen LogP contribution >= 0.6 is 0 Å². The van der Waals surface area contributed by atoms with Crippen LogP contribution < -0.4 is 10.6 Å². The molecule has 1 aromatic heterocycles. The van der Waals surface area contributed by atoms with Gasteiger partial charge in [-0.05, 0) is 30.7 Å². The number of aromatic nitrogens is 1. The zero-order chi connectivity index (χ0) is 13.5. The van der Waals surface area contributed by atoms with Gasteiger partial charge in [-0.1, -0.05) is 25.1 Å². The summed E-state index contributed by atoms with van der Waals surface area (Å²) in [6.45, 7) is 2.94. The highest BCUT2D eigenvalue weighted by molar-refractivity contribution is 6.05. The van der Waals surface area contributed by atoms with Gasteiger partial charge in [-0.25, -0.2) is 4.98 Å². The highest BCUT2D eigenvalue weighted by atomic mass is 16.1. The Morgan fingerprint density at radius 1 is 1.16 bits per heavy atom. The van der Waals surface area contributed by atoms with Crippen molar-refractivity contribution in [2.24, 2.45) is 0 Å². The van der Waals surface area contributed by atoms with Gasteiger partial charge in [0.15, 0.2) is 5.82 Å². The maximum Gasteiger partial charge on any atom is 0.256 e. The third-order valence-electron chi connectivity index (χ3n) is 2.64. The summed E-state index contributed by atoms with van der Waals surface area (Å²) in [4.78, 5) is 16.3. The first-order chi connectivity index (χ1) is 9.31. The first kappa shape index (κ1) is 13.1. The minimum Gasteiger partial charge on any atom is -0.382 e. The highest BCUT2D eigenvalue weighted by Crippen LogP contribution is 2.18. The van der Waals surface area contributed by atoms with Gasteiger partial charge in [0.05, 0.1) is 5.69 Å². The van der Waals surface area contributed by atoms with Crippen molar-refractivity contribution in [1.29, 1.82) is 0 Å². The summed E-state index contributed by atoms with van der Waals surface area (Å²) in [5.74, 6) is 0.406. The molecule has 0 aliphatic heterocycles. The number of benzene rings is 1. The fourth-order valence-corrected chi connectivity index (χ4v) is 1.68. The number of anilines is 2. The van der Waals surface area contributed by atoms with Crippen molar-refractivity contribution in [2.75, 3.05) is 17.2 Å². The molecule has 0 atom stereocenters. The van der Waals surface area contributed by atoms with E-state index in [1.165, 1.54) is 0 Å². The van der Waals surface area contributed by atoms with Crippen LogP contribution in [0.4, 0.5) is 11.5 Å². The van der Waals surface area contributed by atoms with Gasteiger partial charge < -0.3 is 10.6 Å². The standard InChI is InChI=1S/C15H17N3O/c1-2-10-16-13-9-6-11-17-14(13)18-15(19)12-7-4-3-5-8-12/h3-9,11,16H,2,10H2,1H3,(H,17,18,19). The van der Waals surface area contributed by atoms with E-state index < -0.39 is 0 Å². The first-order valence-corrected chi connectivity index (χ1v) is 6.36. The number of amides is 1. The van der Waals surface area contributed by atoms with Crippen LogP contribution in [0.25, 0.3) is 0 Å². The Labute approximate surface area is 112 Å². The molecule has 2 aromatic rings. The van der Waals surface area contributed by atoms with E-state index >= 15 is 0 Å². The number of carbonyl (C=O) groups excluding carboxylic acids is 1. The first-order valence-electron chi connectivity index (χ1n) is 6.36. The van der Waals surface area contributed by atoms with Gasteiger partial charge in [0.1, 0.15) is 0 Å². The van der Waals surface area contributed by atoms with E-state index in [1.54, 1.807) is 18.3 Å². The quantitative estimate of drug-likeness (QED) is 0.863. The van der Waals surface area contributed by atoms with Gasteiger partial charge in [0, 0.05) is 18.3 Å². The molecule has 4 nitrogen and oxygen atoms in total. The lowest BCUT2D eigenvalue weighted by Crippen LogP contribution is -2.14. The minimum atomic E-state index is -0.154. The Hall–Kier alpha value is -2.36. The smallest absolute Gasteiger partial charge is 0.256 e. The SMILES string of the molecule is CCCNc1cccnc1NC(=O)c1ccccc1. The van der Waals surface area contributed by atoms with Gasteiger partial charge in [-0.15, -0.1) is 0 Å². The third kappa shape index (κ3) is 3.55. The number of nitrogens with one attached hydrogen (secondary N) is 2. The molecule has 1 aromatic carbocycles. The van der Waals surface area contributed by atoms with E-state index in [0.29, 0.717) is 11.4 Å². The van der Waals surface area contributed by atoms with Gasteiger partial charge in [0.25, 0.3) is 5.91 Å². The summed E-state index contributed by atoms with van der Waals surface area (Å²) in [5, 5.41) is 6.07. The van der Waals surface area contributed by atoms with Crippen molar-refractivity contribution < 1.29 is 4.79 Å². The average molecular weight is 255 g/mol. The lowest BCUT2D eigenvalue weighted by Gasteiger charge is -2.11. The summed E-state index contributed by atoms with van der Waals surface area (Å²) < 4.78 is 0. The molecule has 0 saturated heterocycles. The van der Waals surface area contributed by atoms with Crippen LogP contribution in [-0.4, -0.2) is 17.4 Å². The van der Waals surface area contributed by atoms with Crippen molar-refractivity contribution in [3.8, 4) is 0 Å². The number of rotatable bonds is 5. The van der Waals surface area contributed by atoms with Crippen LogP contribution in [0.2, 0.25) is 0 Å². The van der Waals surface area contributed by atoms with Crippen LogP contribution in [0.15, 0.2) is 48.7 Å². The van der Waals surface area contributed by atoms with E-state index in [4.69, 9.17) is 0 Å². The number of hydrogen-bond donors (Lipinski definition) is 2. The molecule has 0 saturated carbocycles. The fourth-order valence-electron chi connectivity index (χ4n) is 1.68. The highest BCUT2D eigenvalue weighted by Gasteiger charge is 2.09. The molecule has 0 bridgehead atoms. The summed E-state index contributed by atoms with van der Waals surface area (Å²) in [6.07, 6.45) is 2.68. The molecule has 2 rings (SSSR count). The fraction of sp³-hybridized carbons (Fsp3) is 0.200. The largest absolute Gasteiger partial charge is 0.382 e. The summed E-state index contributed by atoms with van der Waals surface area (Å²) in [6, 6.07) is 12.9. The molecular weight excluding hydrogens is 238 g/mol. The Morgan fingerprint density at radius 2 is 1.95 bits per heavy atom. The minimum absolute atomic E-state index is 0.154. The zero-order valence-corrected chi connectivity index (χ0v) is 10.9. The molecule has 2 N–H and O–H groups in total. The van der Waals surface area contributed by atoms with Crippen molar-refractivity contribution in [1.82, 2.24) is 4.98 Å². The second-order valence-electron chi connectivity index (χ2n) is 4.15. The van der Waals surface area contributed by atoms with Gasteiger partial charge >= 0.3 is 0 Å². The Balaban J connectivity index is 2.12. The second kappa shape index (κ2) is 6.54. The Morgan fingerprint density at radius 3 is 2.68 bits per heavy atom. The number of pyridine rings is 1. The maximum absolute atomic E-state index is 12.1. The molecule has 1 heterocycles. The van der Waals surface area contributed by atoms with Crippen molar-refractivity contribution in [2.45, 2.75) is 13.3 Å². The molecule has 4 heteroatoms. The monoisotopic (exact) mass is 255 g/mol. The van der Waals surface area contributed by atoms with Crippen LogP contribution in [0.5, 0.6) is 0 Å². The summed E-state index contributed by atoms with van der Waals surface area (Å²) in [7, 11) is 0. The second-order valence-corrected chi connectivity index (χ2v) is 4.15. The normalized spacial score (nSPS) is 9.95. The Kier molecular flexibility index (Phi) is 4.50. The van der Waals surface area contributed by atoms with E-state index in [9.17, 15) is 4.79 Å². The van der Waals surface area contributed by atoms with Crippen LogP contribution in [0.3, 0.4) is 0 Å². The van der Waals surface area contributed by atoms with Crippen molar-refractivity contribution >= 4 is 17.4 Å². The van der Waals surface area contributed by atoms with Crippen LogP contribution in [0, 0.1) is 0 Å². The number of nitrogens with zero attached hydrogens (tertiary/aromatic N) is 1. The van der Waals surface area contributed by atoms with E-state index in [0.717, 1.165) is 18.7 Å². The van der Waals surface area contributed by atoms with Crippen molar-refractivity contribution in [3.05, 3.63) is 54.2 Å². The molecule has 0 fully saturated rings. The van der Waals surface area contributed by atoms with Gasteiger partial charge in [0.2, 0.25) is 0 Å². The van der Waals surface area contributed by atoms with E-state index in [-0.39, 0.29) is 5.91 Å². The van der Waals surface area contributed by atoms with Gasteiger partial charge in [-0.2, -0.15) is 0 Å². The number of carbonyl (C=O) groups is 1. The molecule has 0 aliphatic rings. The van der Waals surface area contributed by atoms with Gasteiger partial charge in [-0.3, -0.25) is 4.79 Å². The predicted octanol–water partition coefficient (Wildman–Crippen LogP) is 3.16. The molecular formula is C15H17N3O. The van der Waals surface area contributed by atoms with Crippen LogP contribution in [-0.2, 0) is 0 Å². The van der Waals surface area contributed by atoms with Crippen LogP contribution in [0.1, 0.15) is 23.7 Å². The molecule has 0 unspecified atom stereocenters. The predicted molar refractivity (Wildman–Crippen MR) is 77.4 cm³/mol. The topological polar surface area (TPSA) is 54.0 Å². The van der Waals surface area contributed by atoms with E-state index in [2.05, 4.69) is 22.5 Å².